The fourth-order valence-electron chi connectivity index (χ4n) is 1.61. The van der Waals surface area contributed by atoms with Crippen LogP contribution < -0.4 is 4.74 Å². The van der Waals surface area contributed by atoms with Crippen LogP contribution in [0.3, 0.4) is 0 Å². The van der Waals surface area contributed by atoms with Crippen molar-refractivity contribution in [3.8, 4) is 5.75 Å². The summed E-state index contributed by atoms with van der Waals surface area (Å²) in [5, 5.41) is 8.81. The Bertz CT molecular complexity index is 613. The Morgan fingerprint density at radius 3 is 2.79 bits per heavy atom. The number of carbonyl (C=O) groups is 1. The van der Waals surface area contributed by atoms with Crippen molar-refractivity contribution in [1.29, 1.82) is 0 Å². The van der Waals surface area contributed by atoms with Crippen molar-refractivity contribution in [2.75, 3.05) is 0 Å². The quantitative estimate of drug-likeness (QED) is 0.876. The minimum absolute atomic E-state index is 0.0187. The predicted octanol–water partition coefficient (Wildman–Crippen LogP) is 3.43. The maximum Gasteiger partial charge on any atom is 0.354 e. The molecule has 0 fully saturated rings. The molecule has 0 aliphatic rings. The second-order valence-corrected chi connectivity index (χ2v) is 4.82. The number of pyridine rings is 1. The monoisotopic (exact) mass is 321 g/mol. The molecule has 2 aromatic rings. The normalized spacial score (nSPS) is 10.2. The molecule has 19 heavy (non-hydrogen) atoms. The Kier molecular flexibility index (Phi) is 4.16. The van der Waals surface area contributed by atoms with E-state index in [1.807, 2.05) is 31.2 Å². The molecule has 0 unspecified atom stereocenters. The third kappa shape index (κ3) is 3.54. The van der Waals surface area contributed by atoms with Crippen LogP contribution in [-0.4, -0.2) is 16.1 Å². The van der Waals surface area contributed by atoms with Crippen molar-refractivity contribution in [3.05, 3.63) is 57.8 Å². The highest BCUT2D eigenvalue weighted by Gasteiger charge is 2.09. The maximum atomic E-state index is 10.8. The van der Waals surface area contributed by atoms with Gasteiger partial charge in [0.05, 0.1) is 0 Å². The van der Waals surface area contributed by atoms with Crippen LogP contribution >= 0.6 is 15.9 Å². The van der Waals surface area contributed by atoms with Crippen LogP contribution in [0.5, 0.6) is 5.75 Å². The first-order valence-corrected chi connectivity index (χ1v) is 6.44. The summed E-state index contributed by atoms with van der Waals surface area (Å²) in [6.07, 6.45) is 0. The lowest BCUT2D eigenvalue weighted by molar-refractivity contribution is 0.0690. The molecule has 0 saturated carbocycles. The molecule has 1 N–H and O–H groups in total. The van der Waals surface area contributed by atoms with Gasteiger partial charge in [-0.2, -0.15) is 0 Å². The zero-order chi connectivity index (χ0) is 13.8. The molecule has 0 bridgehead atoms. The summed E-state index contributed by atoms with van der Waals surface area (Å²) < 4.78 is 6.00. The van der Waals surface area contributed by atoms with Crippen LogP contribution in [0, 0.1) is 6.92 Å². The Hall–Kier alpha value is -1.88. The highest BCUT2D eigenvalue weighted by molar-refractivity contribution is 9.10. The summed E-state index contributed by atoms with van der Waals surface area (Å²) in [5.41, 5.74) is 2.20. The molecule has 0 amide bonds. The molecule has 0 saturated heterocycles. The number of aromatic nitrogens is 1. The van der Waals surface area contributed by atoms with Gasteiger partial charge in [0.1, 0.15) is 16.9 Å². The number of aryl methyl sites for hydroxylation is 1. The van der Waals surface area contributed by atoms with Crippen LogP contribution in [0.2, 0.25) is 0 Å². The number of aromatic carboxylic acids is 1. The van der Waals surface area contributed by atoms with Crippen LogP contribution in [0.1, 0.15) is 21.6 Å². The molecule has 1 aromatic heterocycles. The van der Waals surface area contributed by atoms with E-state index in [0.717, 1.165) is 5.56 Å². The lowest BCUT2D eigenvalue weighted by Gasteiger charge is -2.08. The van der Waals surface area contributed by atoms with Gasteiger partial charge in [-0.3, -0.25) is 0 Å². The Morgan fingerprint density at radius 2 is 2.16 bits per heavy atom. The topological polar surface area (TPSA) is 59.4 Å². The summed E-state index contributed by atoms with van der Waals surface area (Å²) in [7, 11) is 0. The lowest BCUT2D eigenvalue weighted by atomic mass is 10.1. The predicted molar refractivity (Wildman–Crippen MR) is 74.4 cm³/mol. The summed E-state index contributed by atoms with van der Waals surface area (Å²) in [6.45, 7) is 2.43. The number of rotatable bonds is 4. The average Bonchev–Trinajstić information content (AvgIpc) is 2.37. The molecule has 0 spiro atoms. The summed E-state index contributed by atoms with van der Waals surface area (Å²) in [5.74, 6) is -0.544. The third-order valence-corrected chi connectivity index (χ3v) is 3.08. The number of halogens is 1. The van der Waals surface area contributed by atoms with E-state index in [1.54, 1.807) is 6.07 Å². The van der Waals surface area contributed by atoms with E-state index in [0.29, 0.717) is 17.0 Å². The van der Waals surface area contributed by atoms with Crippen LogP contribution in [0.4, 0.5) is 0 Å². The molecule has 1 aromatic carbocycles. The molecule has 0 aliphatic heterocycles. The maximum absolute atomic E-state index is 10.8. The average molecular weight is 322 g/mol. The van der Waals surface area contributed by atoms with Gasteiger partial charge in [-0.15, -0.1) is 0 Å². The molecule has 2 rings (SSSR count). The summed E-state index contributed by atoms with van der Waals surface area (Å²) in [6, 6.07) is 11.0. The fraction of sp³-hybridized carbons (Fsp3) is 0.143. The molecule has 98 valence electrons. The number of ether oxygens (including phenoxy) is 1. The van der Waals surface area contributed by atoms with E-state index in [4.69, 9.17) is 9.84 Å². The zero-order valence-corrected chi connectivity index (χ0v) is 11.8. The van der Waals surface area contributed by atoms with Crippen LogP contribution in [0.25, 0.3) is 0 Å². The number of benzene rings is 1. The largest absolute Gasteiger partial charge is 0.486 e. The van der Waals surface area contributed by atoms with Gasteiger partial charge in [0.2, 0.25) is 0 Å². The molecule has 5 heteroatoms. The van der Waals surface area contributed by atoms with E-state index >= 15 is 0 Å². The van der Waals surface area contributed by atoms with Crippen molar-refractivity contribution >= 4 is 21.9 Å². The standard InChI is InChI=1S/C14H12BrNO3/c1-9-3-2-4-10(7-9)8-19-12-6-5-11(14(17)18)16-13(12)15/h2-7H,8H2,1H3,(H,17,18). The van der Waals surface area contributed by atoms with Crippen molar-refractivity contribution in [2.24, 2.45) is 0 Å². The van der Waals surface area contributed by atoms with Gasteiger partial charge < -0.3 is 9.84 Å². The van der Waals surface area contributed by atoms with E-state index in [1.165, 1.54) is 11.6 Å². The molecule has 0 radical (unpaired) electrons. The van der Waals surface area contributed by atoms with Crippen molar-refractivity contribution < 1.29 is 14.6 Å². The minimum atomic E-state index is -1.06. The summed E-state index contributed by atoms with van der Waals surface area (Å²) >= 11 is 3.20. The highest BCUT2D eigenvalue weighted by atomic mass is 79.9. The smallest absolute Gasteiger partial charge is 0.354 e. The lowest BCUT2D eigenvalue weighted by Crippen LogP contribution is -2.02. The van der Waals surface area contributed by atoms with Gasteiger partial charge in [0.25, 0.3) is 0 Å². The first kappa shape index (κ1) is 13.5. The number of carboxylic acids is 1. The molecule has 0 aliphatic carbocycles. The number of carboxylic acid groups (broad SMARTS) is 1. The van der Waals surface area contributed by atoms with Crippen molar-refractivity contribution in [1.82, 2.24) is 4.98 Å². The highest BCUT2D eigenvalue weighted by Crippen LogP contribution is 2.24. The van der Waals surface area contributed by atoms with Crippen LogP contribution in [0.15, 0.2) is 41.0 Å². The fourth-order valence-corrected chi connectivity index (χ4v) is 2.05. The Labute approximate surface area is 119 Å². The first-order valence-electron chi connectivity index (χ1n) is 5.64. The van der Waals surface area contributed by atoms with Gasteiger partial charge in [-0.05, 0) is 40.5 Å². The molecule has 0 atom stereocenters. The first-order chi connectivity index (χ1) is 9.06. The number of nitrogens with zero attached hydrogens (tertiary/aromatic N) is 1. The van der Waals surface area contributed by atoms with Crippen molar-refractivity contribution in [2.45, 2.75) is 13.5 Å². The van der Waals surface area contributed by atoms with Gasteiger partial charge in [0, 0.05) is 0 Å². The minimum Gasteiger partial charge on any atom is -0.486 e. The summed E-state index contributed by atoms with van der Waals surface area (Å²) in [4.78, 5) is 14.7. The Balaban J connectivity index is 2.10. The van der Waals surface area contributed by atoms with Gasteiger partial charge in [-0.1, -0.05) is 29.8 Å². The molecular formula is C14H12BrNO3. The van der Waals surface area contributed by atoms with Crippen molar-refractivity contribution in [3.63, 3.8) is 0 Å². The van der Waals surface area contributed by atoms with Crippen LogP contribution in [-0.2, 0) is 6.61 Å². The molecule has 1 heterocycles. The van der Waals surface area contributed by atoms with Gasteiger partial charge in [-0.25, -0.2) is 9.78 Å². The van der Waals surface area contributed by atoms with Gasteiger partial charge >= 0.3 is 5.97 Å². The Morgan fingerprint density at radius 1 is 1.37 bits per heavy atom. The number of hydrogen-bond acceptors (Lipinski definition) is 3. The van der Waals surface area contributed by atoms with E-state index in [-0.39, 0.29) is 5.69 Å². The SMILES string of the molecule is Cc1cccc(COc2ccc(C(=O)O)nc2Br)c1. The number of hydrogen-bond donors (Lipinski definition) is 1. The third-order valence-electron chi connectivity index (χ3n) is 2.51. The van der Waals surface area contributed by atoms with E-state index < -0.39 is 5.97 Å². The molecule has 4 nitrogen and oxygen atoms in total. The molecular weight excluding hydrogens is 310 g/mol. The van der Waals surface area contributed by atoms with E-state index in [2.05, 4.69) is 20.9 Å². The second-order valence-electron chi connectivity index (χ2n) is 4.07. The van der Waals surface area contributed by atoms with E-state index in [9.17, 15) is 4.79 Å². The second kappa shape index (κ2) is 5.84. The zero-order valence-electron chi connectivity index (χ0n) is 10.3. The van der Waals surface area contributed by atoms with Gasteiger partial charge in [0.15, 0.2) is 5.75 Å².